The normalized spacial score (nSPS) is 12.5. The standard InChI is InChI=1S/C26H18ClF3N6O2/c1-14(37)15-10-21-22(33-13-15)24(36(35-21)16-6-3-2-4-7-16)34-25(38)18-11-17(23-31-8-5-9-32-23)19(12-20(18)27)26(28,29)30/h2-14,37H,1H3,(H,34,38)/t14-/m1/s1. The van der Waals surface area contributed by atoms with Crippen molar-refractivity contribution >= 4 is 34.4 Å². The van der Waals surface area contributed by atoms with Crippen LogP contribution in [-0.4, -0.2) is 35.7 Å². The second-order valence-electron chi connectivity index (χ2n) is 8.31. The van der Waals surface area contributed by atoms with E-state index in [1.165, 1.54) is 29.3 Å². The zero-order valence-corrected chi connectivity index (χ0v) is 20.4. The van der Waals surface area contributed by atoms with E-state index in [-0.39, 0.29) is 17.2 Å². The van der Waals surface area contributed by atoms with Crippen LogP contribution in [0.5, 0.6) is 0 Å². The molecule has 0 unspecified atom stereocenters. The first kappa shape index (κ1) is 25.3. The van der Waals surface area contributed by atoms with Crippen molar-refractivity contribution in [3.63, 3.8) is 0 Å². The fourth-order valence-corrected chi connectivity index (χ4v) is 4.11. The van der Waals surface area contributed by atoms with E-state index in [4.69, 9.17) is 11.6 Å². The lowest BCUT2D eigenvalue weighted by atomic mass is 10.0. The van der Waals surface area contributed by atoms with Gasteiger partial charge in [-0.15, -0.1) is 0 Å². The molecule has 0 saturated carbocycles. The monoisotopic (exact) mass is 538 g/mol. The van der Waals surface area contributed by atoms with E-state index < -0.39 is 34.3 Å². The number of alkyl halides is 3. The lowest BCUT2D eigenvalue weighted by Crippen LogP contribution is -2.17. The van der Waals surface area contributed by atoms with Gasteiger partial charge in [-0.3, -0.25) is 9.78 Å². The first-order chi connectivity index (χ1) is 18.1. The molecule has 0 saturated heterocycles. The summed E-state index contributed by atoms with van der Waals surface area (Å²) in [6.07, 6.45) is -1.50. The number of nitrogens with one attached hydrogen (secondary N) is 1. The highest BCUT2D eigenvalue weighted by Gasteiger charge is 2.36. The maximum Gasteiger partial charge on any atom is 0.417 e. The van der Waals surface area contributed by atoms with Crippen LogP contribution in [0.25, 0.3) is 28.1 Å². The summed E-state index contributed by atoms with van der Waals surface area (Å²) >= 11 is 6.19. The van der Waals surface area contributed by atoms with Crippen LogP contribution in [0.2, 0.25) is 5.02 Å². The number of para-hydroxylation sites is 1. The topological polar surface area (TPSA) is 106 Å². The molecule has 0 fully saturated rings. The van der Waals surface area contributed by atoms with Crippen molar-refractivity contribution in [1.82, 2.24) is 24.7 Å². The maximum absolute atomic E-state index is 13.8. The molecule has 2 N–H and O–H groups in total. The summed E-state index contributed by atoms with van der Waals surface area (Å²) in [6.45, 7) is 1.58. The first-order valence-electron chi connectivity index (χ1n) is 11.2. The van der Waals surface area contributed by atoms with Gasteiger partial charge in [-0.1, -0.05) is 29.8 Å². The van der Waals surface area contributed by atoms with Crippen molar-refractivity contribution in [3.8, 4) is 17.1 Å². The van der Waals surface area contributed by atoms with E-state index in [0.29, 0.717) is 28.4 Å². The third-order valence-electron chi connectivity index (χ3n) is 5.71. The zero-order valence-electron chi connectivity index (χ0n) is 19.6. The minimum Gasteiger partial charge on any atom is -0.389 e. The van der Waals surface area contributed by atoms with E-state index in [0.717, 1.165) is 6.07 Å². The minimum atomic E-state index is -4.76. The molecule has 1 atom stereocenters. The number of carbonyl (C=O) groups is 1. The second kappa shape index (κ2) is 9.84. The van der Waals surface area contributed by atoms with Gasteiger partial charge in [0, 0.05) is 29.7 Å². The molecular weight excluding hydrogens is 521 g/mol. The van der Waals surface area contributed by atoms with Gasteiger partial charge in [-0.05, 0) is 43.3 Å². The lowest BCUT2D eigenvalue weighted by molar-refractivity contribution is -0.137. The van der Waals surface area contributed by atoms with E-state index >= 15 is 0 Å². The largest absolute Gasteiger partial charge is 0.417 e. The molecule has 0 aliphatic carbocycles. The highest BCUT2D eigenvalue weighted by molar-refractivity contribution is 6.34. The van der Waals surface area contributed by atoms with Crippen LogP contribution in [0, 0.1) is 0 Å². The number of pyridine rings is 1. The van der Waals surface area contributed by atoms with Crippen molar-refractivity contribution in [2.75, 3.05) is 5.32 Å². The Labute approximate surface area is 218 Å². The summed E-state index contributed by atoms with van der Waals surface area (Å²) in [5.74, 6) is -0.833. The van der Waals surface area contributed by atoms with Crippen LogP contribution in [0.1, 0.15) is 34.5 Å². The number of rotatable bonds is 5. The van der Waals surface area contributed by atoms with Crippen LogP contribution < -0.4 is 5.32 Å². The molecule has 3 aromatic heterocycles. The Balaban J connectivity index is 1.63. The van der Waals surface area contributed by atoms with Gasteiger partial charge >= 0.3 is 6.18 Å². The number of benzene rings is 2. The van der Waals surface area contributed by atoms with Gasteiger partial charge in [0.1, 0.15) is 11.0 Å². The summed E-state index contributed by atoms with van der Waals surface area (Å²) in [5.41, 5.74) is 0.117. The van der Waals surface area contributed by atoms with E-state index in [1.54, 1.807) is 37.3 Å². The van der Waals surface area contributed by atoms with Crippen LogP contribution in [0.4, 0.5) is 19.0 Å². The number of hydrogen-bond donors (Lipinski definition) is 2. The number of nitrogens with zero attached hydrogens (tertiary/aromatic N) is 5. The van der Waals surface area contributed by atoms with Gasteiger partial charge in [0.2, 0.25) is 0 Å². The van der Waals surface area contributed by atoms with Gasteiger partial charge in [0.25, 0.3) is 5.91 Å². The minimum absolute atomic E-state index is 0.168. The van der Waals surface area contributed by atoms with Gasteiger partial charge in [0.15, 0.2) is 11.6 Å². The van der Waals surface area contributed by atoms with Crippen LogP contribution in [-0.2, 0) is 6.18 Å². The predicted octanol–water partition coefficient (Wildman–Crippen LogP) is 5.86. The van der Waals surface area contributed by atoms with E-state index in [9.17, 15) is 23.1 Å². The highest BCUT2D eigenvalue weighted by Crippen LogP contribution is 2.39. The summed E-state index contributed by atoms with van der Waals surface area (Å²) in [7, 11) is 0. The number of halogens is 4. The predicted molar refractivity (Wildman–Crippen MR) is 135 cm³/mol. The van der Waals surface area contributed by atoms with Crippen LogP contribution in [0.3, 0.4) is 0 Å². The Bertz CT molecular complexity index is 1640. The number of aliphatic hydroxyl groups excluding tert-OH is 1. The Kier molecular flexibility index (Phi) is 6.55. The van der Waals surface area contributed by atoms with Gasteiger partial charge < -0.3 is 10.4 Å². The molecule has 2 aromatic carbocycles. The maximum atomic E-state index is 13.8. The van der Waals surface area contributed by atoms with E-state index in [1.807, 2.05) is 6.07 Å². The van der Waals surface area contributed by atoms with Crippen molar-refractivity contribution in [2.24, 2.45) is 0 Å². The molecule has 38 heavy (non-hydrogen) atoms. The van der Waals surface area contributed by atoms with Crippen molar-refractivity contribution in [1.29, 1.82) is 0 Å². The van der Waals surface area contributed by atoms with Gasteiger partial charge in [-0.25, -0.2) is 14.6 Å². The Morgan fingerprint density at radius 2 is 1.76 bits per heavy atom. The van der Waals surface area contributed by atoms with Crippen molar-refractivity contribution in [3.05, 3.63) is 94.9 Å². The molecule has 0 spiro atoms. The Morgan fingerprint density at radius 1 is 1.05 bits per heavy atom. The average Bonchev–Trinajstić information content (AvgIpc) is 3.26. The molecule has 0 bridgehead atoms. The number of aliphatic hydroxyl groups is 1. The molecule has 0 radical (unpaired) electrons. The molecular formula is C26H18ClF3N6O2. The summed E-state index contributed by atoms with van der Waals surface area (Å²) in [4.78, 5) is 25.7. The third kappa shape index (κ3) is 4.81. The SMILES string of the molecule is C[C@@H](O)c1cnc2c(NC(=O)c3cc(-c4ncccn4)c(C(F)(F)F)cc3Cl)n(-c3ccccc3)nc2c1. The Morgan fingerprint density at radius 3 is 2.42 bits per heavy atom. The number of amides is 1. The van der Waals surface area contributed by atoms with Crippen molar-refractivity contribution < 1.29 is 23.1 Å². The quantitative estimate of drug-likeness (QED) is 0.290. The second-order valence-corrected chi connectivity index (χ2v) is 8.72. The van der Waals surface area contributed by atoms with Crippen LogP contribution >= 0.6 is 11.6 Å². The molecule has 3 heterocycles. The fraction of sp³-hybridized carbons (Fsp3) is 0.115. The molecule has 0 aliphatic heterocycles. The number of aromatic nitrogens is 5. The summed E-state index contributed by atoms with van der Waals surface area (Å²) in [5, 5.41) is 16.8. The number of fused-ring (bicyclic) bond motifs is 1. The van der Waals surface area contributed by atoms with Gasteiger partial charge in [-0.2, -0.15) is 18.3 Å². The summed E-state index contributed by atoms with van der Waals surface area (Å²) in [6, 6.07) is 13.7. The average molecular weight is 539 g/mol. The van der Waals surface area contributed by atoms with Crippen molar-refractivity contribution in [2.45, 2.75) is 19.2 Å². The zero-order chi connectivity index (χ0) is 27.0. The first-order valence-corrected chi connectivity index (χ1v) is 11.6. The smallest absolute Gasteiger partial charge is 0.389 e. The number of anilines is 1. The molecule has 12 heteroatoms. The van der Waals surface area contributed by atoms with Gasteiger partial charge in [0.05, 0.1) is 27.9 Å². The highest BCUT2D eigenvalue weighted by atomic mass is 35.5. The molecule has 192 valence electrons. The lowest BCUT2D eigenvalue weighted by Gasteiger charge is -2.15. The molecule has 8 nitrogen and oxygen atoms in total. The molecule has 1 amide bonds. The number of carbonyl (C=O) groups excluding carboxylic acids is 1. The molecule has 0 aliphatic rings. The summed E-state index contributed by atoms with van der Waals surface area (Å²) < 4.78 is 42.9. The van der Waals surface area contributed by atoms with Crippen LogP contribution in [0.15, 0.2) is 73.2 Å². The fourth-order valence-electron chi connectivity index (χ4n) is 3.86. The molecule has 5 aromatic rings. The third-order valence-corrected chi connectivity index (χ3v) is 6.02. The Hall–Kier alpha value is -4.35. The number of hydrogen-bond acceptors (Lipinski definition) is 6. The molecule has 5 rings (SSSR count). The van der Waals surface area contributed by atoms with E-state index in [2.05, 4.69) is 25.4 Å².